The van der Waals surface area contributed by atoms with Crippen LogP contribution in [0.5, 0.6) is 5.75 Å². The van der Waals surface area contributed by atoms with Crippen LogP contribution in [0.15, 0.2) is 111 Å². The average Bonchev–Trinajstić information content (AvgIpc) is 3.94. The van der Waals surface area contributed by atoms with Crippen LogP contribution in [-0.2, 0) is 42.2 Å². The highest BCUT2D eigenvalue weighted by atomic mass is 16.6. The summed E-state index contributed by atoms with van der Waals surface area (Å²) in [5.41, 5.74) is 5.89. The van der Waals surface area contributed by atoms with Gasteiger partial charge in [0.2, 0.25) is 0 Å². The summed E-state index contributed by atoms with van der Waals surface area (Å²) in [6.07, 6.45) is 10.3. The fourth-order valence-electron chi connectivity index (χ4n) is 14.2. The van der Waals surface area contributed by atoms with Crippen molar-refractivity contribution in [3.63, 3.8) is 0 Å². The molecule has 0 radical (unpaired) electrons. The van der Waals surface area contributed by atoms with Crippen molar-refractivity contribution >= 4 is 22.9 Å². The number of aliphatic hydroxyl groups excluding tert-OH is 3. The van der Waals surface area contributed by atoms with Crippen LogP contribution in [0, 0.1) is 11.8 Å². The quantitative estimate of drug-likeness (QED) is 0.0656. The molecule has 3 aliphatic carbocycles. The van der Waals surface area contributed by atoms with Crippen LogP contribution in [0.3, 0.4) is 0 Å². The van der Waals surface area contributed by atoms with Gasteiger partial charge in [0.25, 0.3) is 0 Å². The minimum atomic E-state index is -1.30. The third-order valence-corrected chi connectivity index (χ3v) is 18.2. The van der Waals surface area contributed by atoms with Crippen molar-refractivity contribution in [2.24, 2.45) is 11.8 Å². The SMILES string of the molecule is COCC(CCO)c1c(CO)c2ccc3c(c2oc1=O)C1OC(=O)CC2CC(c4cccc(C5(c6ccccc6)CCCC5)c4)CCC2c2ccc(cc2)CCC(=C(C)CO)C(=O)OC1C(C)(C1CCCCC1)O3. The maximum Gasteiger partial charge on any atom is 0.340 e. The Morgan fingerprint density at radius 1 is 0.797 bits per heavy atom. The molecular weight excluding hydrogens is 933 g/mol. The molecular formula is C63H74O11. The number of rotatable bonds is 11. The molecule has 3 aliphatic heterocycles. The standard InChI is InChI=1S/C63H74O11/c1-39(36-65)49-25-21-40-19-22-41(23-20-40)50-26-24-43(42-13-12-18-48(34-42)63(30-10-11-31-63)47-16-8-5-9-17-47)33-45(50)35-54(67)71-58-56-53(74-62(2,59(58)73-60(49)68)46-14-6-4-7-15-46)28-27-51-52(37-66)55(61(69)72-57(51)56)44(29-32-64)38-70-3/h5,8-9,12-13,16-20,22-23,27-28,34,43-46,50,58-59,64-66H,4,6-7,10-11,14-15,21,24-26,29-33,35-38H2,1-3H3. The van der Waals surface area contributed by atoms with E-state index in [1.807, 2.05) is 6.92 Å². The molecule has 392 valence electrons. The van der Waals surface area contributed by atoms with Gasteiger partial charge in [-0.3, -0.25) is 4.79 Å². The number of hydrogen-bond acceptors (Lipinski definition) is 11. The molecule has 74 heavy (non-hydrogen) atoms. The van der Waals surface area contributed by atoms with Crippen molar-refractivity contribution in [1.29, 1.82) is 0 Å². The van der Waals surface area contributed by atoms with E-state index in [2.05, 4.69) is 78.9 Å². The maximum atomic E-state index is 15.4. The van der Waals surface area contributed by atoms with Gasteiger partial charge < -0.3 is 38.7 Å². The molecule has 3 saturated carbocycles. The van der Waals surface area contributed by atoms with Gasteiger partial charge in [0.15, 0.2) is 12.2 Å². The molecule has 6 aliphatic rings. The van der Waals surface area contributed by atoms with Crippen LogP contribution >= 0.6 is 0 Å². The van der Waals surface area contributed by atoms with Gasteiger partial charge in [-0.15, -0.1) is 0 Å². The van der Waals surface area contributed by atoms with E-state index in [9.17, 15) is 24.9 Å². The van der Waals surface area contributed by atoms with Crippen molar-refractivity contribution in [3.05, 3.63) is 157 Å². The van der Waals surface area contributed by atoms with Gasteiger partial charge in [0, 0.05) is 53.9 Å². The highest BCUT2D eigenvalue weighted by Gasteiger charge is 2.57. The van der Waals surface area contributed by atoms with E-state index in [0.717, 1.165) is 75.3 Å². The molecule has 7 unspecified atom stereocenters. The number of methoxy groups -OCH3 is 1. The summed E-state index contributed by atoms with van der Waals surface area (Å²) in [5.74, 6) is -1.31. The van der Waals surface area contributed by atoms with Crippen LogP contribution in [-0.4, -0.2) is 65.9 Å². The minimum Gasteiger partial charge on any atom is -0.483 e. The lowest BCUT2D eigenvalue weighted by Gasteiger charge is -2.50. The zero-order valence-corrected chi connectivity index (χ0v) is 43.5. The smallest absolute Gasteiger partial charge is 0.340 e. The highest BCUT2D eigenvalue weighted by molar-refractivity contribution is 5.90. The zero-order chi connectivity index (χ0) is 51.6. The minimum absolute atomic E-state index is 0.0324. The van der Waals surface area contributed by atoms with Crippen LogP contribution in [0.25, 0.3) is 11.0 Å². The fourth-order valence-corrected chi connectivity index (χ4v) is 14.2. The number of carbonyl (C=O) groups is 2. The highest BCUT2D eigenvalue weighted by Crippen LogP contribution is 2.54. The first-order valence-corrected chi connectivity index (χ1v) is 27.5. The lowest BCUT2D eigenvalue weighted by atomic mass is 9.67. The number of aryl methyl sites for hydroxylation is 1. The molecule has 11 heteroatoms. The summed E-state index contributed by atoms with van der Waals surface area (Å²) >= 11 is 0. The Balaban J connectivity index is 1.10. The van der Waals surface area contributed by atoms with Crippen LogP contribution in [0.1, 0.15) is 179 Å². The molecule has 11 nitrogen and oxygen atoms in total. The van der Waals surface area contributed by atoms with Crippen molar-refractivity contribution in [3.8, 4) is 5.75 Å². The van der Waals surface area contributed by atoms with Crippen molar-refractivity contribution < 1.29 is 48.3 Å². The molecule has 4 heterocycles. The van der Waals surface area contributed by atoms with Gasteiger partial charge in [0.1, 0.15) is 16.9 Å². The van der Waals surface area contributed by atoms with E-state index in [1.54, 1.807) is 19.1 Å². The second kappa shape index (κ2) is 22.3. The number of benzene rings is 4. The molecule has 0 spiro atoms. The maximum absolute atomic E-state index is 15.4. The first kappa shape index (κ1) is 51.9. The van der Waals surface area contributed by atoms with Crippen LogP contribution < -0.4 is 10.4 Å². The first-order valence-electron chi connectivity index (χ1n) is 27.5. The molecule has 3 N–H and O–H groups in total. The molecule has 0 amide bonds. The average molecular weight is 1010 g/mol. The number of hydrogen-bond donors (Lipinski definition) is 3. The number of carbonyl (C=O) groups excluding carboxylic acids is 2. The van der Waals surface area contributed by atoms with Crippen molar-refractivity contribution in [1.82, 2.24) is 0 Å². The summed E-state index contributed by atoms with van der Waals surface area (Å²) in [5, 5.41) is 32.1. The van der Waals surface area contributed by atoms with Gasteiger partial charge >= 0.3 is 17.6 Å². The Kier molecular flexibility index (Phi) is 15.6. The van der Waals surface area contributed by atoms with Gasteiger partial charge in [-0.2, -0.15) is 0 Å². The normalized spacial score (nSPS) is 26.5. The predicted octanol–water partition coefficient (Wildman–Crippen LogP) is 11.5. The van der Waals surface area contributed by atoms with E-state index >= 15 is 4.79 Å². The Morgan fingerprint density at radius 2 is 1.55 bits per heavy atom. The molecule has 11 rings (SSSR count). The lowest BCUT2D eigenvalue weighted by molar-refractivity contribution is -0.201. The van der Waals surface area contributed by atoms with Gasteiger partial charge in [-0.1, -0.05) is 111 Å². The van der Waals surface area contributed by atoms with E-state index in [4.69, 9.17) is 23.4 Å². The van der Waals surface area contributed by atoms with E-state index in [0.29, 0.717) is 40.7 Å². The van der Waals surface area contributed by atoms with E-state index in [1.165, 1.54) is 36.6 Å². The Labute approximate surface area is 435 Å². The van der Waals surface area contributed by atoms with E-state index < -0.39 is 47.9 Å². The number of aliphatic hydroxyl groups is 3. The Morgan fingerprint density at radius 3 is 2.27 bits per heavy atom. The topological polar surface area (TPSA) is 162 Å². The molecule has 3 fully saturated rings. The number of ether oxygens (including phenoxy) is 4. The van der Waals surface area contributed by atoms with Crippen LogP contribution in [0.2, 0.25) is 0 Å². The third-order valence-electron chi connectivity index (χ3n) is 18.2. The molecule has 4 aromatic carbocycles. The van der Waals surface area contributed by atoms with E-state index in [-0.39, 0.29) is 78.5 Å². The lowest BCUT2D eigenvalue weighted by Crippen LogP contribution is -2.58. The Bertz CT molecular complexity index is 2880. The zero-order valence-electron chi connectivity index (χ0n) is 43.5. The number of fused-ring (bicyclic) bond motifs is 11. The summed E-state index contributed by atoms with van der Waals surface area (Å²) in [6.45, 7) is 2.68. The molecule has 7 atom stereocenters. The van der Waals surface area contributed by atoms with Crippen molar-refractivity contribution in [2.45, 2.75) is 164 Å². The third kappa shape index (κ3) is 9.90. The Hall–Kier alpha value is -5.59. The monoisotopic (exact) mass is 1010 g/mol. The largest absolute Gasteiger partial charge is 0.483 e. The van der Waals surface area contributed by atoms with Gasteiger partial charge in [0.05, 0.1) is 25.4 Å². The van der Waals surface area contributed by atoms with Gasteiger partial charge in [-0.05, 0) is 147 Å². The summed E-state index contributed by atoms with van der Waals surface area (Å²) in [4.78, 5) is 44.8. The molecule has 1 aromatic heterocycles. The summed E-state index contributed by atoms with van der Waals surface area (Å²) in [7, 11) is 1.51. The molecule has 2 bridgehead atoms. The fraction of sp³-hybridized carbons (Fsp3) is 0.508. The molecule has 0 saturated heterocycles. The second-order valence-electron chi connectivity index (χ2n) is 22.3. The van der Waals surface area contributed by atoms with Crippen molar-refractivity contribution in [2.75, 3.05) is 26.9 Å². The predicted molar refractivity (Wildman–Crippen MR) is 283 cm³/mol. The van der Waals surface area contributed by atoms with Crippen LogP contribution in [0.4, 0.5) is 0 Å². The summed E-state index contributed by atoms with van der Waals surface area (Å²) < 4.78 is 32.7. The first-order chi connectivity index (χ1) is 36.0. The summed E-state index contributed by atoms with van der Waals surface area (Å²) in [6, 6.07) is 32.3. The second-order valence-corrected chi connectivity index (χ2v) is 22.3. The number of esters is 2. The molecule has 5 aromatic rings. The van der Waals surface area contributed by atoms with Gasteiger partial charge in [-0.25, -0.2) is 9.59 Å².